The van der Waals surface area contributed by atoms with Crippen molar-refractivity contribution in [1.29, 1.82) is 0 Å². The molecule has 2 aliphatic heterocycles. The van der Waals surface area contributed by atoms with Gasteiger partial charge in [-0.2, -0.15) is 0 Å². The highest BCUT2D eigenvalue weighted by Crippen LogP contribution is 2.28. The number of morpholine rings is 1. The Morgan fingerprint density at radius 3 is 2.49 bits per heavy atom. The molecular weight excluding hydrogens is 446 g/mol. The van der Waals surface area contributed by atoms with Gasteiger partial charge in [-0.15, -0.1) is 0 Å². The van der Waals surface area contributed by atoms with Crippen LogP contribution < -0.4 is 9.64 Å². The molecule has 8 heteroatoms. The molecule has 2 fully saturated rings. The predicted octanol–water partition coefficient (Wildman–Crippen LogP) is 2.93. The molecule has 0 bridgehead atoms. The fourth-order valence-corrected chi connectivity index (χ4v) is 4.53. The van der Waals surface area contributed by atoms with Crippen LogP contribution in [0.4, 0.5) is 5.69 Å². The highest BCUT2D eigenvalue weighted by atomic mass is 16.5. The maximum absolute atomic E-state index is 13.6. The van der Waals surface area contributed by atoms with Crippen LogP contribution in [0, 0.1) is 0 Å². The summed E-state index contributed by atoms with van der Waals surface area (Å²) >= 11 is 0. The van der Waals surface area contributed by atoms with Crippen molar-refractivity contribution in [2.24, 2.45) is 0 Å². The van der Waals surface area contributed by atoms with Crippen molar-refractivity contribution >= 4 is 23.4 Å². The van der Waals surface area contributed by atoms with E-state index in [0.29, 0.717) is 49.2 Å². The van der Waals surface area contributed by atoms with E-state index in [9.17, 15) is 14.4 Å². The smallest absolute Gasteiger partial charge is 0.257 e. The lowest BCUT2D eigenvalue weighted by Gasteiger charge is -2.32. The highest BCUT2D eigenvalue weighted by Gasteiger charge is 2.44. The van der Waals surface area contributed by atoms with Gasteiger partial charge in [-0.1, -0.05) is 32.0 Å². The van der Waals surface area contributed by atoms with Crippen LogP contribution in [-0.4, -0.2) is 80.1 Å². The van der Waals surface area contributed by atoms with Gasteiger partial charge in [0.05, 0.1) is 32.4 Å². The second kappa shape index (κ2) is 11.0. The Labute approximate surface area is 206 Å². The third-order valence-electron chi connectivity index (χ3n) is 6.66. The number of carbonyl (C=O) groups is 3. The summed E-state index contributed by atoms with van der Waals surface area (Å²) < 4.78 is 10.7. The number of hydrogen-bond donors (Lipinski definition) is 0. The molecule has 8 nitrogen and oxygen atoms in total. The summed E-state index contributed by atoms with van der Waals surface area (Å²) in [6, 6.07) is 13.5. The van der Waals surface area contributed by atoms with E-state index in [4.69, 9.17) is 9.47 Å². The van der Waals surface area contributed by atoms with Crippen LogP contribution in [0.25, 0.3) is 0 Å². The van der Waals surface area contributed by atoms with Crippen molar-refractivity contribution in [1.82, 2.24) is 9.80 Å². The summed E-state index contributed by atoms with van der Waals surface area (Å²) in [5.41, 5.74) is 2.09. The third-order valence-corrected chi connectivity index (χ3v) is 6.66. The van der Waals surface area contributed by atoms with E-state index in [-0.39, 0.29) is 24.1 Å². The summed E-state index contributed by atoms with van der Waals surface area (Å²) in [5, 5.41) is 0. The van der Waals surface area contributed by atoms with Gasteiger partial charge in [-0.05, 0) is 41.8 Å². The molecular formula is C27H33N3O5. The van der Waals surface area contributed by atoms with Crippen molar-refractivity contribution in [3.05, 3.63) is 59.7 Å². The van der Waals surface area contributed by atoms with E-state index in [0.717, 1.165) is 18.7 Å². The molecule has 0 aromatic heterocycles. The Kier molecular flexibility index (Phi) is 7.83. The van der Waals surface area contributed by atoms with E-state index >= 15 is 0 Å². The molecule has 4 rings (SSSR count). The van der Waals surface area contributed by atoms with Gasteiger partial charge in [-0.3, -0.25) is 19.3 Å². The molecule has 2 aromatic rings. The van der Waals surface area contributed by atoms with Crippen molar-refractivity contribution in [2.75, 3.05) is 51.4 Å². The number of hydrogen-bond acceptors (Lipinski definition) is 6. The predicted molar refractivity (Wildman–Crippen MR) is 133 cm³/mol. The minimum absolute atomic E-state index is 0.0381. The number of rotatable bonds is 8. The van der Waals surface area contributed by atoms with Crippen molar-refractivity contribution in [2.45, 2.75) is 32.2 Å². The first-order valence-electron chi connectivity index (χ1n) is 12.1. The fraction of sp³-hybridized carbons (Fsp3) is 0.444. The van der Waals surface area contributed by atoms with Crippen molar-refractivity contribution < 1.29 is 23.9 Å². The Hall–Kier alpha value is -3.23. The van der Waals surface area contributed by atoms with Crippen molar-refractivity contribution in [3.8, 4) is 5.75 Å². The lowest BCUT2D eigenvalue weighted by molar-refractivity contribution is -0.122. The van der Waals surface area contributed by atoms with Gasteiger partial charge in [0.25, 0.3) is 11.8 Å². The Balaban J connectivity index is 1.59. The third kappa shape index (κ3) is 5.55. The molecule has 0 radical (unpaired) electrons. The van der Waals surface area contributed by atoms with Gasteiger partial charge in [0.2, 0.25) is 5.91 Å². The Morgan fingerprint density at radius 2 is 1.83 bits per heavy atom. The second-order valence-electron chi connectivity index (χ2n) is 9.22. The molecule has 0 N–H and O–H groups in total. The van der Waals surface area contributed by atoms with Crippen LogP contribution in [0.15, 0.2) is 48.5 Å². The topological polar surface area (TPSA) is 79.4 Å². The van der Waals surface area contributed by atoms with Crippen LogP contribution >= 0.6 is 0 Å². The summed E-state index contributed by atoms with van der Waals surface area (Å²) in [5.74, 6) is -0.0550. The van der Waals surface area contributed by atoms with E-state index in [1.54, 1.807) is 48.4 Å². The van der Waals surface area contributed by atoms with Gasteiger partial charge in [0.15, 0.2) is 0 Å². The summed E-state index contributed by atoms with van der Waals surface area (Å²) in [6.45, 7) is 7.94. The normalized spacial score (nSPS) is 18.9. The van der Waals surface area contributed by atoms with Crippen LogP contribution in [0.1, 0.15) is 42.1 Å². The minimum Gasteiger partial charge on any atom is -0.497 e. The molecule has 2 aliphatic rings. The highest BCUT2D eigenvalue weighted by molar-refractivity contribution is 6.23. The minimum atomic E-state index is -0.855. The molecule has 2 heterocycles. The largest absolute Gasteiger partial charge is 0.497 e. The standard InChI is InChI=1S/C27H33N3O5/c1-19(2)20-7-9-22(10-8-20)30-25(31)18-24(27(30)33)29(12-11-28-13-15-35-16-14-28)26(32)21-5-4-6-23(17-21)34-3/h4-10,17,19,24H,11-16,18H2,1-3H3. The molecule has 1 unspecified atom stereocenters. The number of amides is 3. The fourth-order valence-electron chi connectivity index (χ4n) is 4.53. The van der Waals surface area contributed by atoms with Gasteiger partial charge < -0.3 is 14.4 Å². The zero-order valence-corrected chi connectivity index (χ0v) is 20.6. The first kappa shape index (κ1) is 24.9. The van der Waals surface area contributed by atoms with E-state index in [1.807, 2.05) is 12.1 Å². The zero-order valence-electron chi connectivity index (χ0n) is 20.6. The first-order valence-corrected chi connectivity index (χ1v) is 12.1. The lowest BCUT2D eigenvalue weighted by atomic mass is 10.0. The van der Waals surface area contributed by atoms with Gasteiger partial charge in [-0.25, -0.2) is 4.90 Å². The molecule has 1 atom stereocenters. The SMILES string of the molecule is COc1cccc(C(=O)N(CCN2CCOCC2)C2CC(=O)N(c3ccc(C(C)C)cc3)C2=O)c1. The van der Waals surface area contributed by atoms with E-state index < -0.39 is 6.04 Å². The average Bonchev–Trinajstić information content (AvgIpc) is 3.18. The number of carbonyl (C=O) groups excluding carboxylic acids is 3. The van der Waals surface area contributed by atoms with Crippen LogP contribution in [0.3, 0.4) is 0 Å². The first-order chi connectivity index (χ1) is 16.9. The summed E-state index contributed by atoms with van der Waals surface area (Å²) in [4.78, 5) is 45.2. The van der Waals surface area contributed by atoms with E-state index in [2.05, 4.69) is 18.7 Å². The van der Waals surface area contributed by atoms with Crippen LogP contribution in [0.2, 0.25) is 0 Å². The number of imide groups is 1. The molecule has 186 valence electrons. The molecule has 0 spiro atoms. The molecule has 2 aromatic carbocycles. The second-order valence-corrected chi connectivity index (χ2v) is 9.22. The maximum Gasteiger partial charge on any atom is 0.257 e. The number of ether oxygens (including phenoxy) is 2. The molecule has 3 amide bonds. The summed E-state index contributed by atoms with van der Waals surface area (Å²) in [7, 11) is 1.54. The molecule has 2 saturated heterocycles. The van der Waals surface area contributed by atoms with Gasteiger partial charge in [0, 0.05) is 31.7 Å². The Bertz CT molecular complexity index is 1060. The number of nitrogens with zero attached hydrogens (tertiary/aromatic N) is 3. The molecule has 0 aliphatic carbocycles. The number of benzene rings is 2. The average molecular weight is 480 g/mol. The van der Waals surface area contributed by atoms with Crippen LogP contribution in [-0.2, 0) is 14.3 Å². The molecule has 0 saturated carbocycles. The van der Waals surface area contributed by atoms with Gasteiger partial charge >= 0.3 is 0 Å². The number of methoxy groups -OCH3 is 1. The van der Waals surface area contributed by atoms with Crippen LogP contribution in [0.5, 0.6) is 5.75 Å². The lowest BCUT2D eigenvalue weighted by Crippen LogP contribution is -2.49. The monoisotopic (exact) mass is 479 g/mol. The van der Waals surface area contributed by atoms with Gasteiger partial charge in [0.1, 0.15) is 11.8 Å². The Morgan fingerprint density at radius 1 is 1.11 bits per heavy atom. The van der Waals surface area contributed by atoms with Crippen molar-refractivity contribution in [3.63, 3.8) is 0 Å². The zero-order chi connectivity index (χ0) is 24.9. The molecule has 35 heavy (non-hydrogen) atoms. The van der Waals surface area contributed by atoms with E-state index in [1.165, 1.54) is 4.90 Å². The quantitative estimate of drug-likeness (QED) is 0.542. The maximum atomic E-state index is 13.6. The number of anilines is 1. The summed E-state index contributed by atoms with van der Waals surface area (Å²) in [6.07, 6.45) is -0.0381.